The van der Waals surface area contributed by atoms with Crippen LogP contribution in [0.2, 0.25) is 0 Å². The Kier molecular flexibility index (Phi) is 4.00. The summed E-state index contributed by atoms with van der Waals surface area (Å²) in [5.41, 5.74) is -5.39. The van der Waals surface area contributed by atoms with Crippen molar-refractivity contribution in [3.63, 3.8) is 0 Å². The Morgan fingerprint density at radius 2 is 1.94 bits per heavy atom. The molecule has 0 aromatic heterocycles. The highest BCUT2D eigenvalue weighted by Gasteiger charge is 2.48. The minimum absolute atomic E-state index is 0.0251. The van der Waals surface area contributed by atoms with Crippen molar-refractivity contribution in [1.29, 1.82) is 0 Å². The van der Waals surface area contributed by atoms with E-state index in [2.05, 4.69) is 0 Å². The molecule has 100 valence electrons. The van der Waals surface area contributed by atoms with E-state index in [0.717, 1.165) is 12.1 Å². The number of carbonyl (C=O) groups excluding carboxylic acids is 1. The third-order valence-corrected chi connectivity index (χ3v) is 3.52. The van der Waals surface area contributed by atoms with Crippen LogP contribution in [0.25, 0.3) is 0 Å². The summed E-state index contributed by atoms with van der Waals surface area (Å²) in [5.74, 6) is -0.487. The maximum atomic E-state index is 12.4. The summed E-state index contributed by atoms with van der Waals surface area (Å²) < 4.78 is 64.6. The predicted octanol–water partition coefficient (Wildman–Crippen LogP) is 2.19. The van der Waals surface area contributed by atoms with Crippen LogP contribution in [0.1, 0.15) is 17.3 Å². The molecule has 0 aliphatic rings. The number of benzene rings is 1. The van der Waals surface area contributed by atoms with Crippen molar-refractivity contribution in [2.75, 3.05) is 6.61 Å². The van der Waals surface area contributed by atoms with Crippen LogP contribution >= 0.6 is 0 Å². The third kappa shape index (κ3) is 2.63. The molecule has 1 rings (SSSR count). The number of rotatable bonds is 4. The van der Waals surface area contributed by atoms with Crippen molar-refractivity contribution in [1.82, 2.24) is 0 Å². The summed E-state index contributed by atoms with van der Waals surface area (Å²) >= 11 is 0. The van der Waals surface area contributed by atoms with E-state index in [9.17, 15) is 26.4 Å². The maximum Gasteiger partial charge on any atom is 0.502 e. The second kappa shape index (κ2) is 4.97. The number of alkyl halides is 3. The van der Waals surface area contributed by atoms with E-state index in [4.69, 9.17) is 4.74 Å². The van der Waals surface area contributed by atoms with Crippen LogP contribution in [0.5, 0.6) is 5.75 Å². The van der Waals surface area contributed by atoms with E-state index in [0.29, 0.717) is 12.4 Å². The first-order valence-electron chi connectivity index (χ1n) is 4.77. The van der Waals surface area contributed by atoms with E-state index in [1.165, 1.54) is 6.92 Å². The maximum absolute atomic E-state index is 12.4. The van der Waals surface area contributed by atoms with E-state index in [1.807, 2.05) is 0 Å². The fourth-order valence-corrected chi connectivity index (χ4v) is 2.09. The van der Waals surface area contributed by atoms with Gasteiger partial charge in [-0.05, 0) is 19.1 Å². The molecule has 0 spiro atoms. The number of sulfone groups is 1. The molecule has 0 aliphatic carbocycles. The lowest BCUT2D eigenvalue weighted by Gasteiger charge is -2.13. The Morgan fingerprint density at radius 1 is 1.33 bits per heavy atom. The second-order valence-electron chi connectivity index (χ2n) is 3.21. The average Bonchev–Trinajstić information content (AvgIpc) is 2.27. The summed E-state index contributed by atoms with van der Waals surface area (Å²) in [6, 6.07) is 2.64. The van der Waals surface area contributed by atoms with Crippen LogP contribution in [0.15, 0.2) is 23.1 Å². The summed E-state index contributed by atoms with van der Waals surface area (Å²) in [4.78, 5) is 9.50. The Hall–Kier alpha value is -1.57. The first-order chi connectivity index (χ1) is 8.24. The molecule has 0 aliphatic heterocycles. The molecule has 4 nitrogen and oxygen atoms in total. The fourth-order valence-electron chi connectivity index (χ4n) is 1.21. The van der Waals surface area contributed by atoms with Gasteiger partial charge in [0.2, 0.25) is 0 Å². The standard InChI is InChI=1S/C10H9F3O4S/c1-2-17-8-5-7(6-14)3-4-9(8)18(15,16)10(11,12)13/h3-6H,2H2,1H3. The van der Waals surface area contributed by atoms with Gasteiger partial charge < -0.3 is 4.74 Å². The average molecular weight is 282 g/mol. The molecule has 0 radical (unpaired) electrons. The SMILES string of the molecule is CCOc1cc(C=O)ccc1S(=O)(=O)C(F)(F)F. The zero-order valence-corrected chi connectivity index (χ0v) is 10.0. The smallest absolute Gasteiger partial charge is 0.492 e. The van der Waals surface area contributed by atoms with Crippen LogP contribution in [-0.2, 0) is 9.84 Å². The number of aldehydes is 1. The summed E-state index contributed by atoms with van der Waals surface area (Å²) in [6.07, 6.45) is 0.381. The van der Waals surface area contributed by atoms with Crippen molar-refractivity contribution in [3.05, 3.63) is 23.8 Å². The quantitative estimate of drug-likeness (QED) is 0.794. The van der Waals surface area contributed by atoms with E-state index < -0.39 is 26.0 Å². The zero-order chi connectivity index (χ0) is 14.0. The van der Waals surface area contributed by atoms with Gasteiger partial charge in [-0.3, -0.25) is 4.79 Å². The predicted molar refractivity (Wildman–Crippen MR) is 56.2 cm³/mol. The van der Waals surface area contributed by atoms with Gasteiger partial charge in [-0.15, -0.1) is 0 Å². The molecule has 0 bridgehead atoms. The van der Waals surface area contributed by atoms with Crippen LogP contribution in [-0.4, -0.2) is 26.8 Å². The molecule has 1 aromatic carbocycles. The normalized spacial score (nSPS) is 12.2. The van der Waals surface area contributed by atoms with Crippen molar-refractivity contribution >= 4 is 16.1 Å². The van der Waals surface area contributed by atoms with Crippen molar-refractivity contribution in [2.24, 2.45) is 0 Å². The van der Waals surface area contributed by atoms with Crippen molar-refractivity contribution < 1.29 is 31.1 Å². The van der Waals surface area contributed by atoms with Crippen molar-refractivity contribution in [2.45, 2.75) is 17.3 Å². The van der Waals surface area contributed by atoms with Crippen LogP contribution in [0.4, 0.5) is 13.2 Å². The van der Waals surface area contributed by atoms with Gasteiger partial charge in [0.15, 0.2) is 0 Å². The van der Waals surface area contributed by atoms with Gasteiger partial charge >= 0.3 is 5.51 Å². The topological polar surface area (TPSA) is 60.4 Å². The highest BCUT2D eigenvalue weighted by molar-refractivity contribution is 7.92. The third-order valence-electron chi connectivity index (χ3n) is 2.00. The first-order valence-corrected chi connectivity index (χ1v) is 6.25. The van der Waals surface area contributed by atoms with Gasteiger partial charge in [-0.25, -0.2) is 8.42 Å². The molecular formula is C10H9F3O4S. The molecule has 0 atom stereocenters. The molecule has 0 heterocycles. The number of hydrogen-bond acceptors (Lipinski definition) is 4. The van der Waals surface area contributed by atoms with Crippen LogP contribution < -0.4 is 4.74 Å². The monoisotopic (exact) mass is 282 g/mol. The second-order valence-corrected chi connectivity index (χ2v) is 5.12. The van der Waals surface area contributed by atoms with Gasteiger partial charge in [-0.2, -0.15) is 13.2 Å². The molecule has 18 heavy (non-hydrogen) atoms. The molecule has 1 aromatic rings. The highest BCUT2D eigenvalue weighted by atomic mass is 32.2. The first kappa shape index (κ1) is 14.5. The molecule has 0 saturated carbocycles. The van der Waals surface area contributed by atoms with Crippen LogP contribution in [0.3, 0.4) is 0 Å². The lowest BCUT2D eigenvalue weighted by atomic mass is 10.2. The number of halogens is 3. The van der Waals surface area contributed by atoms with Gasteiger partial charge in [-0.1, -0.05) is 6.07 Å². The Balaban J connectivity index is 3.45. The summed E-state index contributed by atoms with van der Waals surface area (Å²) in [7, 11) is -5.50. The number of hydrogen-bond donors (Lipinski definition) is 0. The largest absolute Gasteiger partial charge is 0.502 e. The van der Waals surface area contributed by atoms with E-state index in [1.54, 1.807) is 0 Å². The van der Waals surface area contributed by atoms with Gasteiger partial charge in [0.05, 0.1) is 6.61 Å². The number of carbonyl (C=O) groups is 1. The van der Waals surface area contributed by atoms with Gasteiger partial charge in [0.1, 0.15) is 16.9 Å². The van der Waals surface area contributed by atoms with E-state index in [-0.39, 0.29) is 12.2 Å². The minimum atomic E-state index is -5.50. The lowest BCUT2D eigenvalue weighted by Crippen LogP contribution is -2.24. The molecular weight excluding hydrogens is 273 g/mol. The summed E-state index contributed by atoms with van der Waals surface area (Å²) in [5, 5.41) is 0. The Morgan fingerprint density at radius 3 is 2.39 bits per heavy atom. The Labute approximate surface area is 101 Å². The van der Waals surface area contributed by atoms with Crippen molar-refractivity contribution in [3.8, 4) is 5.75 Å². The Bertz CT molecular complexity index is 549. The fraction of sp³-hybridized carbons (Fsp3) is 0.300. The van der Waals surface area contributed by atoms with E-state index >= 15 is 0 Å². The molecule has 0 fully saturated rings. The molecule has 0 unspecified atom stereocenters. The molecule has 0 saturated heterocycles. The molecule has 0 N–H and O–H groups in total. The zero-order valence-electron chi connectivity index (χ0n) is 9.19. The van der Waals surface area contributed by atoms with Crippen LogP contribution in [0, 0.1) is 0 Å². The lowest BCUT2D eigenvalue weighted by molar-refractivity contribution is -0.0437. The minimum Gasteiger partial charge on any atom is -0.492 e. The van der Waals surface area contributed by atoms with Gasteiger partial charge in [0, 0.05) is 5.56 Å². The van der Waals surface area contributed by atoms with Gasteiger partial charge in [0.25, 0.3) is 9.84 Å². The highest BCUT2D eigenvalue weighted by Crippen LogP contribution is 2.35. The number of ether oxygens (including phenoxy) is 1. The molecule has 8 heteroatoms. The summed E-state index contributed by atoms with van der Waals surface area (Å²) in [6.45, 7) is 1.46. The molecule has 0 amide bonds.